The summed E-state index contributed by atoms with van der Waals surface area (Å²) in [6.45, 7) is 6.48. The Morgan fingerprint density at radius 3 is 2.36 bits per heavy atom. The Morgan fingerprint density at radius 2 is 1.91 bits per heavy atom. The SMILES string of the molecule is Cc1cc(Cl)ccc1C(C)C. The summed E-state index contributed by atoms with van der Waals surface area (Å²) < 4.78 is 0. The first kappa shape index (κ1) is 8.61. The lowest BCUT2D eigenvalue weighted by atomic mass is 9.98. The highest BCUT2D eigenvalue weighted by Crippen LogP contribution is 2.21. The molecule has 0 aliphatic rings. The lowest BCUT2D eigenvalue weighted by Crippen LogP contribution is -1.90. The smallest absolute Gasteiger partial charge is 0.0408 e. The standard InChI is InChI=1S/C10H13Cl/c1-7(2)10-5-4-9(11)6-8(10)3/h4-7H,1-3H3. The molecule has 1 heteroatoms. The zero-order valence-electron chi connectivity index (χ0n) is 7.19. The fourth-order valence-electron chi connectivity index (χ4n) is 1.29. The third-order valence-electron chi connectivity index (χ3n) is 1.85. The van der Waals surface area contributed by atoms with Crippen LogP contribution in [-0.2, 0) is 0 Å². The normalized spacial score (nSPS) is 10.6. The molecule has 0 amide bonds. The minimum Gasteiger partial charge on any atom is -0.0843 e. The first-order valence-corrected chi connectivity index (χ1v) is 4.25. The van der Waals surface area contributed by atoms with E-state index in [-0.39, 0.29) is 0 Å². The largest absolute Gasteiger partial charge is 0.0843 e. The van der Waals surface area contributed by atoms with Gasteiger partial charge < -0.3 is 0 Å². The van der Waals surface area contributed by atoms with Gasteiger partial charge in [-0.05, 0) is 36.1 Å². The molecule has 0 saturated heterocycles. The van der Waals surface area contributed by atoms with Crippen molar-refractivity contribution in [3.63, 3.8) is 0 Å². The molecule has 0 aromatic heterocycles. The zero-order chi connectivity index (χ0) is 8.43. The van der Waals surface area contributed by atoms with Crippen LogP contribution in [0, 0.1) is 6.92 Å². The van der Waals surface area contributed by atoms with Crippen molar-refractivity contribution in [2.45, 2.75) is 26.7 Å². The average molecular weight is 169 g/mol. The van der Waals surface area contributed by atoms with Crippen LogP contribution >= 0.6 is 11.6 Å². The van der Waals surface area contributed by atoms with E-state index in [9.17, 15) is 0 Å². The van der Waals surface area contributed by atoms with Crippen LogP contribution in [0.4, 0.5) is 0 Å². The Morgan fingerprint density at radius 1 is 1.27 bits per heavy atom. The van der Waals surface area contributed by atoms with Gasteiger partial charge in [0, 0.05) is 5.02 Å². The van der Waals surface area contributed by atoms with E-state index in [0.29, 0.717) is 5.92 Å². The number of hydrogen-bond acceptors (Lipinski definition) is 0. The Labute approximate surface area is 73.2 Å². The summed E-state index contributed by atoms with van der Waals surface area (Å²) in [5.41, 5.74) is 2.67. The van der Waals surface area contributed by atoms with Crippen LogP contribution in [0.2, 0.25) is 5.02 Å². The van der Waals surface area contributed by atoms with E-state index in [1.807, 2.05) is 12.1 Å². The molecular formula is C10H13Cl. The van der Waals surface area contributed by atoms with Crippen molar-refractivity contribution in [2.24, 2.45) is 0 Å². The predicted octanol–water partition coefficient (Wildman–Crippen LogP) is 3.77. The van der Waals surface area contributed by atoms with E-state index in [2.05, 4.69) is 26.8 Å². The summed E-state index contributed by atoms with van der Waals surface area (Å²) in [6.07, 6.45) is 0. The van der Waals surface area contributed by atoms with E-state index in [0.717, 1.165) is 5.02 Å². The molecule has 0 saturated carbocycles. The molecule has 0 aliphatic heterocycles. The van der Waals surface area contributed by atoms with Crippen LogP contribution in [0.1, 0.15) is 30.9 Å². The molecule has 0 heterocycles. The van der Waals surface area contributed by atoms with E-state index in [1.54, 1.807) is 0 Å². The second kappa shape index (κ2) is 3.27. The summed E-state index contributed by atoms with van der Waals surface area (Å²) in [5.74, 6) is 0.590. The number of aryl methyl sites for hydroxylation is 1. The summed E-state index contributed by atoms with van der Waals surface area (Å²) in [6, 6.07) is 6.06. The third kappa shape index (κ3) is 1.97. The first-order valence-electron chi connectivity index (χ1n) is 3.87. The molecule has 1 aromatic carbocycles. The van der Waals surface area contributed by atoms with Gasteiger partial charge in [-0.25, -0.2) is 0 Å². The van der Waals surface area contributed by atoms with Crippen LogP contribution < -0.4 is 0 Å². The van der Waals surface area contributed by atoms with Crippen molar-refractivity contribution in [3.8, 4) is 0 Å². The van der Waals surface area contributed by atoms with Gasteiger partial charge in [0.05, 0.1) is 0 Å². The van der Waals surface area contributed by atoms with Crippen LogP contribution in [0.15, 0.2) is 18.2 Å². The molecule has 1 aromatic rings. The van der Waals surface area contributed by atoms with Crippen LogP contribution in [0.3, 0.4) is 0 Å². The fraction of sp³-hybridized carbons (Fsp3) is 0.400. The zero-order valence-corrected chi connectivity index (χ0v) is 7.94. The van der Waals surface area contributed by atoms with Gasteiger partial charge in [-0.2, -0.15) is 0 Å². The third-order valence-corrected chi connectivity index (χ3v) is 2.09. The lowest BCUT2D eigenvalue weighted by Gasteiger charge is -2.08. The summed E-state index contributed by atoms with van der Waals surface area (Å²) in [4.78, 5) is 0. The van der Waals surface area contributed by atoms with Gasteiger partial charge in [-0.1, -0.05) is 31.5 Å². The Balaban J connectivity index is 3.09. The molecule has 0 radical (unpaired) electrons. The molecule has 0 fully saturated rings. The monoisotopic (exact) mass is 168 g/mol. The van der Waals surface area contributed by atoms with Gasteiger partial charge >= 0.3 is 0 Å². The average Bonchev–Trinajstić information content (AvgIpc) is 1.85. The van der Waals surface area contributed by atoms with Gasteiger partial charge in [0.2, 0.25) is 0 Å². The first-order chi connectivity index (χ1) is 5.11. The number of rotatable bonds is 1. The maximum Gasteiger partial charge on any atom is 0.0408 e. The molecule has 1 rings (SSSR count). The molecule has 0 spiro atoms. The van der Waals surface area contributed by atoms with Crippen LogP contribution in [-0.4, -0.2) is 0 Å². The van der Waals surface area contributed by atoms with Gasteiger partial charge in [0.25, 0.3) is 0 Å². The molecule has 0 bridgehead atoms. The quantitative estimate of drug-likeness (QED) is 0.599. The van der Waals surface area contributed by atoms with Crippen molar-refractivity contribution >= 4 is 11.6 Å². The van der Waals surface area contributed by atoms with Crippen LogP contribution in [0.25, 0.3) is 0 Å². The van der Waals surface area contributed by atoms with Gasteiger partial charge in [-0.15, -0.1) is 0 Å². The molecule has 0 N–H and O–H groups in total. The Kier molecular flexibility index (Phi) is 2.56. The predicted molar refractivity (Wildman–Crippen MR) is 50.3 cm³/mol. The number of halogens is 1. The van der Waals surface area contributed by atoms with E-state index in [4.69, 9.17) is 11.6 Å². The van der Waals surface area contributed by atoms with Gasteiger partial charge in [-0.3, -0.25) is 0 Å². The van der Waals surface area contributed by atoms with Gasteiger partial charge in [0.1, 0.15) is 0 Å². The molecule has 0 unspecified atom stereocenters. The van der Waals surface area contributed by atoms with E-state index >= 15 is 0 Å². The highest BCUT2D eigenvalue weighted by molar-refractivity contribution is 6.30. The van der Waals surface area contributed by atoms with Crippen molar-refractivity contribution in [1.29, 1.82) is 0 Å². The van der Waals surface area contributed by atoms with E-state index in [1.165, 1.54) is 11.1 Å². The van der Waals surface area contributed by atoms with Crippen LogP contribution in [0.5, 0.6) is 0 Å². The molecular weight excluding hydrogens is 156 g/mol. The molecule has 60 valence electrons. The fourth-order valence-corrected chi connectivity index (χ4v) is 1.51. The Bertz CT molecular complexity index is 251. The van der Waals surface area contributed by atoms with Crippen molar-refractivity contribution in [2.75, 3.05) is 0 Å². The molecule has 0 atom stereocenters. The molecule has 0 nitrogen and oxygen atoms in total. The summed E-state index contributed by atoms with van der Waals surface area (Å²) in [7, 11) is 0. The molecule has 0 aliphatic carbocycles. The molecule has 11 heavy (non-hydrogen) atoms. The Hall–Kier alpha value is -0.490. The van der Waals surface area contributed by atoms with Crippen molar-refractivity contribution in [1.82, 2.24) is 0 Å². The van der Waals surface area contributed by atoms with Gasteiger partial charge in [0.15, 0.2) is 0 Å². The second-order valence-electron chi connectivity index (χ2n) is 3.16. The number of benzene rings is 1. The highest BCUT2D eigenvalue weighted by Gasteiger charge is 2.02. The minimum atomic E-state index is 0.590. The minimum absolute atomic E-state index is 0.590. The van der Waals surface area contributed by atoms with Crippen molar-refractivity contribution in [3.05, 3.63) is 34.3 Å². The maximum atomic E-state index is 5.82. The maximum absolute atomic E-state index is 5.82. The topological polar surface area (TPSA) is 0 Å². The highest BCUT2D eigenvalue weighted by atomic mass is 35.5. The summed E-state index contributed by atoms with van der Waals surface area (Å²) in [5, 5.41) is 0.826. The number of hydrogen-bond donors (Lipinski definition) is 0. The lowest BCUT2D eigenvalue weighted by molar-refractivity contribution is 0.856. The second-order valence-corrected chi connectivity index (χ2v) is 3.59. The van der Waals surface area contributed by atoms with Crippen molar-refractivity contribution < 1.29 is 0 Å². The summed E-state index contributed by atoms with van der Waals surface area (Å²) >= 11 is 5.82. The van der Waals surface area contributed by atoms with E-state index < -0.39 is 0 Å².